The van der Waals surface area contributed by atoms with Gasteiger partial charge in [0.2, 0.25) is 0 Å². The van der Waals surface area contributed by atoms with Gasteiger partial charge in [-0.25, -0.2) is 0 Å². The summed E-state index contributed by atoms with van der Waals surface area (Å²) in [6.45, 7) is 2.36. The molecule has 0 saturated heterocycles. The van der Waals surface area contributed by atoms with Gasteiger partial charge in [-0.05, 0) is 18.6 Å². The molecule has 1 rings (SSSR count). The SMILES string of the molecule is CCC(CN)C(=O)c1cccc(OC)c1. The number of nitrogens with two attached hydrogens (primary N) is 1. The number of carbonyl (C=O) groups excluding carboxylic acids is 1. The van der Waals surface area contributed by atoms with E-state index in [0.717, 1.165) is 6.42 Å². The van der Waals surface area contributed by atoms with Crippen molar-refractivity contribution in [3.63, 3.8) is 0 Å². The van der Waals surface area contributed by atoms with Gasteiger partial charge >= 0.3 is 0 Å². The van der Waals surface area contributed by atoms with Crippen LogP contribution < -0.4 is 10.5 Å². The Balaban J connectivity index is 2.90. The normalized spacial score (nSPS) is 12.2. The number of Topliss-reactive ketones (excluding diaryl/α,β-unsaturated/α-hetero) is 1. The van der Waals surface area contributed by atoms with Crippen LogP contribution in [0.15, 0.2) is 24.3 Å². The van der Waals surface area contributed by atoms with Gasteiger partial charge in [-0.3, -0.25) is 4.79 Å². The predicted octanol–water partition coefficient (Wildman–Crippen LogP) is 1.86. The first-order valence-corrected chi connectivity index (χ1v) is 5.11. The summed E-state index contributed by atoms with van der Waals surface area (Å²) in [6, 6.07) is 7.18. The molecule has 0 saturated carbocycles. The summed E-state index contributed by atoms with van der Waals surface area (Å²) in [5.74, 6) is 0.712. The molecule has 2 N–H and O–H groups in total. The second kappa shape index (κ2) is 5.51. The number of carbonyl (C=O) groups is 1. The first-order valence-electron chi connectivity index (χ1n) is 5.11. The second-order valence-electron chi connectivity index (χ2n) is 3.44. The molecule has 1 unspecified atom stereocenters. The Labute approximate surface area is 90.2 Å². The third-order valence-corrected chi connectivity index (χ3v) is 2.50. The Bertz CT molecular complexity index is 332. The van der Waals surface area contributed by atoms with Crippen LogP contribution in [-0.4, -0.2) is 19.4 Å². The minimum absolute atomic E-state index is 0.0860. The maximum atomic E-state index is 11.9. The average molecular weight is 207 g/mol. The van der Waals surface area contributed by atoms with E-state index in [1.54, 1.807) is 19.2 Å². The van der Waals surface area contributed by atoms with E-state index < -0.39 is 0 Å². The highest BCUT2D eigenvalue weighted by Gasteiger charge is 2.16. The highest BCUT2D eigenvalue weighted by atomic mass is 16.5. The lowest BCUT2D eigenvalue weighted by Gasteiger charge is -2.11. The minimum Gasteiger partial charge on any atom is -0.497 e. The summed E-state index contributed by atoms with van der Waals surface area (Å²) < 4.78 is 5.07. The Morgan fingerprint density at radius 3 is 2.80 bits per heavy atom. The molecular formula is C12H17NO2. The predicted molar refractivity (Wildman–Crippen MR) is 60.2 cm³/mol. The van der Waals surface area contributed by atoms with E-state index in [1.807, 2.05) is 19.1 Å². The maximum absolute atomic E-state index is 11.9. The lowest BCUT2D eigenvalue weighted by Crippen LogP contribution is -2.23. The van der Waals surface area contributed by atoms with E-state index in [-0.39, 0.29) is 11.7 Å². The first kappa shape index (κ1) is 11.7. The molecule has 0 radical (unpaired) electrons. The van der Waals surface area contributed by atoms with E-state index >= 15 is 0 Å². The zero-order valence-corrected chi connectivity index (χ0v) is 9.19. The van der Waals surface area contributed by atoms with Crippen molar-refractivity contribution >= 4 is 5.78 Å². The van der Waals surface area contributed by atoms with Crippen LogP contribution in [0, 0.1) is 5.92 Å². The Morgan fingerprint density at radius 2 is 2.27 bits per heavy atom. The smallest absolute Gasteiger partial charge is 0.167 e. The van der Waals surface area contributed by atoms with Crippen molar-refractivity contribution in [1.82, 2.24) is 0 Å². The molecule has 0 spiro atoms. The topological polar surface area (TPSA) is 52.3 Å². The fourth-order valence-electron chi connectivity index (χ4n) is 1.47. The van der Waals surface area contributed by atoms with Gasteiger partial charge in [0.15, 0.2) is 5.78 Å². The highest BCUT2D eigenvalue weighted by molar-refractivity contribution is 5.98. The van der Waals surface area contributed by atoms with Crippen molar-refractivity contribution in [2.75, 3.05) is 13.7 Å². The van der Waals surface area contributed by atoms with Crippen LogP contribution in [0.2, 0.25) is 0 Å². The number of ether oxygens (including phenoxy) is 1. The third-order valence-electron chi connectivity index (χ3n) is 2.50. The monoisotopic (exact) mass is 207 g/mol. The van der Waals surface area contributed by atoms with Crippen LogP contribution in [0.1, 0.15) is 23.7 Å². The van der Waals surface area contributed by atoms with Gasteiger partial charge < -0.3 is 10.5 Å². The summed E-state index contributed by atoms with van der Waals surface area (Å²) >= 11 is 0. The number of hydrogen-bond acceptors (Lipinski definition) is 3. The molecule has 1 aromatic rings. The number of methoxy groups -OCH3 is 1. The molecule has 1 atom stereocenters. The molecular weight excluding hydrogens is 190 g/mol. The number of rotatable bonds is 5. The van der Waals surface area contributed by atoms with Gasteiger partial charge in [0.25, 0.3) is 0 Å². The number of ketones is 1. The fraction of sp³-hybridized carbons (Fsp3) is 0.417. The molecule has 0 aromatic heterocycles. The molecule has 3 nitrogen and oxygen atoms in total. The summed E-state index contributed by atoms with van der Waals surface area (Å²) in [5.41, 5.74) is 6.21. The van der Waals surface area contributed by atoms with Gasteiger partial charge in [0, 0.05) is 18.0 Å². The molecule has 3 heteroatoms. The summed E-state index contributed by atoms with van der Waals surface area (Å²) in [5, 5.41) is 0. The van der Waals surface area contributed by atoms with Crippen LogP contribution in [0.3, 0.4) is 0 Å². The molecule has 0 heterocycles. The van der Waals surface area contributed by atoms with E-state index in [2.05, 4.69) is 0 Å². The Morgan fingerprint density at radius 1 is 1.53 bits per heavy atom. The lowest BCUT2D eigenvalue weighted by molar-refractivity contribution is 0.0921. The summed E-state index contributed by atoms with van der Waals surface area (Å²) in [6.07, 6.45) is 0.770. The standard InChI is InChI=1S/C12H17NO2/c1-3-9(8-13)12(14)10-5-4-6-11(7-10)15-2/h4-7,9H,3,8,13H2,1-2H3. The largest absolute Gasteiger partial charge is 0.497 e. The van der Waals surface area contributed by atoms with Crippen molar-refractivity contribution in [1.29, 1.82) is 0 Å². The van der Waals surface area contributed by atoms with E-state index in [1.165, 1.54) is 0 Å². The zero-order chi connectivity index (χ0) is 11.3. The van der Waals surface area contributed by atoms with E-state index in [4.69, 9.17) is 10.5 Å². The summed E-state index contributed by atoms with van der Waals surface area (Å²) in [7, 11) is 1.59. The van der Waals surface area contributed by atoms with Gasteiger partial charge in [0.1, 0.15) is 5.75 Å². The number of benzene rings is 1. The van der Waals surface area contributed by atoms with Crippen LogP contribution >= 0.6 is 0 Å². The zero-order valence-electron chi connectivity index (χ0n) is 9.19. The second-order valence-corrected chi connectivity index (χ2v) is 3.44. The molecule has 0 bridgehead atoms. The fourth-order valence-corrected chi connectivity index (χ4v) is 1.47. The van der Waals surface area contributed by atoms with Crippen molar-refractivity contribution in [3.8, 4) is 5.75 Å². The minimum atomic E-state index is -0.0860. The van der Waals surface area contributed by atoms with Crippen molar-refractivity contribution < 1.29 is 9.53 Å². The van der Waals surface area contributed by atoms with E-state index in [9.17, 15) is 4.79 Å². The molecule has 0 fully saturated rings. The van der Waals surface area contributed by atoms with Crippen molar-refractivity contribution in [2.24, 2.45) is 11.7 Å². The van der Waals surface area contributed by atoms with Gasteiger partial charge in [-0.2, -0.15) is 0 Å². The maximum Gasteiger partial charge on any atom is 0.167 e. The molecule has 0 aliphatic heterocycles. The average Bonchev–Trinajstić information content (AvgIpc) is 2.30. The molecule has 0 aliphatic rings. The van der Waals surface area contributed by atoms with Crippen molar-refractivity contribution in [2.45, 2.75) is 13.3 Å². The quantitative estimate of drug-likeness (QED) is 0.750. The molecule has 82 valence electrons. The molecule has 0 aliphatic carbocycles. The van der Waals surface area contributed by atoms with Gasteiger partial charge in [-0.1, -0.05) is 19.1 Å². The molecule has 15 heavy (non-hydrogen) atoms. The number of hydrogen-bond donors (Lipinski definition) is 1. The van der Waals surface area contributed by atoms with Crippen LogP contribution in [0.25, 0.3) is 0 Å². The van der Waals surface area contributed by atoms with Crippen molar-refractivity contribution in [3.05, 3.63) is 29.8 Å². The van der Waals surface area contributed by atoms with Crippen LogP contribution in [0.5, 0.6) is 5.75 Å². The van der Waals surface area contributed by atoms with Gasteiger partial charge in [0.05, 0.1) is 7.11 Å². The molecule has 1 aromatic carbocycles. The van der Waals surface area contributed by atoms with Crippen LogP contribution in [0.4, 0.5) is 0 Å². The highest BCUT2D eigenvalue weighted by Crippen LogP contribution is 2.17. The van der Waals surface area contributed by atoms with Crippen LogP contribution in [-0.2, 0) is 0 Å². The molecule has 0 amide bonds. The third kappa shape index (κ3) is 2.80. The summed E-state index contributed by atoms with van der Waals surface area (Å²) in [4.78, 5) is 11.9. The first-order chi connectivity index (χ1) is 7.22. The Hall–Kier alpha value is -1.35. The Kier molecular flexibility index (Phi) is 4.31. The van der Waals surface area contributed by atoms with E-state index in [0.29, 0.717) is 17.9 Å². The van der Waals surface area contributed by atoms with Gasteiger partial charge in [-0.15, -0.1) is 0 Å². The lowest BCUT2D eigenvalue weighted by atomic mass is 9.95.